The normalized spacial score (nSPS) is 12.7. The van der Waals surface area contributed by atoms with E-state index < -0.39 is 16.6 Å². The molecule has 0 rings (SSSR count). The molecule has 0 aromatic heterocycles. The lowest BCUT2D eigenvalue weighted by atomic mass is 10.1. The first kappa shape index (κ1) is 25.4. The van der Waals surface area contributed by atoms with E-state index in [4.69, 9.17) is 4.12 Å². The number of rotatable bonds is 18. The van der Waals surface area contributed by atoms with Gasteiger partial charge in [0.25, 0.3) is 0 Å². The predicted octanol–water partition coefficient (Wildman–Crippen LogP) is 8.91. The Morgan fingerprint density at radius 3 is 1.04 bits per heavy atom. The molecule has 152 valence electrons. The Hall–Kier alpha value is 0.394. The Morgan fingerprint density at radius 1 is 0.440 bits per heavy atom. The van der Waals surface area contributed by atoms with E-state index in [1.165, 1.54) is 102 Å². The Labute approximate surface area is 163 Å². The van der Waals surface area contributed by atoms with Gasteiger partial charge in [-0.2, -0.15) is 0 Å². The Kier molecular flexibility index (Phi) is 15.7. The van der Waals surface area contributed by atoms with Crippen LogP contribution >= 0.6 is 0 Å². The molecule has 0 aromatic rings. The Bertz CT molecular complexity index is 262. The molecule has 25 heavy (non-hydrogen) atoms. The molecule has 3 heteroatoms. The zero-order chi connectivity index (χ0) is 19.0. The quantitative estimate of drug-likeness (QED) is 0.169. The van der Waals surface area contributed by atoms with E-state index in [1.807, 2.05) is 0 Å². The second-order valence-corrected chi connectivity index (χ2v) is 18.2. The van der Waals surface area contributed by atoms with Crippen LogP contribution in [0.25, 0.3) is 0 Å². The topological polar surface area (TPSA) is 9.23 Å². The van der Waals surface area contributed by atoms with Crippen molar-refractivity contribution in [3.8, 4) is 0 Å². The van der Waals surface area contributed by atoms with E-state index in [1.54, 1.807) is 0 Å². The maximum absolute atomic E-state index is 6.79. The SMILES string of the molecule is CCCCCCCCC[Si](C)(C)O[Si](C)(C)CCCCCCCCC. The summed E-state index contributed by atoms with van der Waals surface area (Å²) < 4.78 is 6.79. The van der Waals surface area contributed by atoms with Crippen LogP contribution in [0.2, 0.25) is 38.3 Å². The van der Waals surface area contributed by atoms with Gasteiger partial charge in [0.1, 0.15) is 0 Å². The molecule has 0 amide bonds. The maximum atomic E-state index is 6.79. The van der Waals surface area contributed by atoms with Gasteiger partial charge in [-0.3, -0.25) is 0 Å². The van der Waals surface area contributed by atoms with Gasteiger partial charge in [-0.1, -0.05) is 104 Å². The molecular weight excluding hydrogens is 336 g/mol. The molecule has 0 aliphatic carbocycles. The summed E-state index contributed by atoms with van der Waals surface area (Å²) in [4.78, 5) is 0. The molecule has 0 aliphatic heterocycles. The summed E-state index contributed by atoms with van der Waals surface area (Å²) in [7, 11) is -2.88. The summed E-state index contributed by atoms with van der Waals surface area (Å²) in [6.07, 6.45) is 19.8. The highest BCUT2D eigenvalue weighted by Crippen LogP contribution is 2.26. The molecule has 0 saturated heterocycles. The van der Waals surface area contributed by atoms with Crippen molar-refractivity contribution in [3.05, 3.63) is 0 Å². The molecule has 0 saturated carbocycles. The van der Waals surface area contributed by atoms with Crippen LogP contribution in [-0.2, 0) is 4.12 Å². The molecule has 0 bridgehead atoms. The maximum Gasteiger partial charge on any atom is 0.173 e. The van der Waals surface area contributed by atoms with Gasteiger partial charge in [-0.15, -0.1) is 0 Å². The van der Waals surface area contributed by atoms with Crippen molar-refractivity contribution < 1.29 is 4.12 Å². The van der Waals surface area contributed by atoms with Crippen molar-refractivity contribution in [2.75, 3.05) is 0 Å². The van der Waals surface area contributed by atoms with Gasteiger partial charge >= 0.3 is 0 Å². The molecule has 0 fully saturated rings. The third kappa shape index (κ3) is 17.6. The second kappa shape index (κ2) is 15.5. The highest BCUT2D eigenvalue weighted by molar-refractivity contribution is 6.84. The molecule has 0 heterocycles. The van der Waals surface area contributed by atoms with Crippen molar-refractivity contribution in [1.82, 2.24) is 0 Å². The van der Waals surface area contributed by atoms with Crippen molar-refractivity contribution >= 4 is 16.6 Å². The summed E-state index contributed by atoms with van der Waals surface area (Å²) >= 11 is 0. The number of hydrogen-bond donors (Lipinski definition) is 0. The lowest BCUT2D eigenvalue weighted by Crippen LogP contribution is -2.44. The van der Waals surface area contributed by atoms with Crippen LogP contribution in [0.3, 0.4) is 0 Å². The van der Waals surface area contributed by atoms with Crippen LogP contribution in [0.5, 0.6) is 0 Å². The standard InChI is InChI=1S/C22H50OSi2/c1-7-9-11-13-15-17-19-21-24(3,4)23-25(5,6)22-20-18-16-14-12-10-8-2/h7-22H2,1-6H3. The van der Waals surface area contributed by atoms with Crippen LogP contribution in [0.1, 0.15) is 104 Å². The van der Waals surface area contributed by atoms with Crippen LogP contribution in [0, 0.1) is 0 Å². The second-order valence-electron chi connectivity index (χ2n) is 9.36. The summed E-state index contributed by atoms with van der Waals surface area (Å²) in [6, 6.07) is 2.74. The lowest BCUT2D eigenvalue weighted by molar-refractivity contribution is 0.518. The smallest absolute Gasteiger partial charge is 0.173 e. The van der Waals surface area contributed by atoms with Crippen molar-refractivity contribution in [3.63, 3.8) is 0 Å². The van der Waals surface area contributed by atoms with E-state index in [9.17, 15) is 0 Å². The van der Waals surface area contributed by atoms with Gasteiger partial charge in [0, 0.05) is 0 Å². The fourth-order valence-corrected chi connectivity index (χ4v) is 12.9. The Balaban J connectivity index is 3.77. The lowest BCUT2D eigenvalue weighted by Gasteiger charge is -2.34. The molecule has 0 aromatic carbocycles. The minimum atomic E-state index is -1.44. The first-order chi connectivity index (χ1) is 11.8. The first-order valence-electron chi connectivity index (χ1n) is 11.5. The van der Waals surface area contributed by atoms with E-state index >= 15 is 0 Å². The van der Waals surface area contributed by atoms with Gasteiger partial charge < -0.3 is 4.12 Å². The third-order valence-corrected chi connectivity index (χ3v) is 12.9. The minimum absolute atomic E-state index is 1.35. The molecule has 0 unspecified atom stereocenters. The van der Waals surface area contributed by atoms with E-state index in [-0.39, 0.29) is 0 Å². The monoisotopic (exact) mass is 386 g/mol. The fourth-order valence-electron chi connectivity index (χ4n) is 3.87. The fraction of sp³-hybridized carbons (Fsp3) is 1.00. The molecule has 1 nitrogen and oxygen atoms in total. The highest BCUT2D eigenvalue weighted by atomic mass is 28.4. The summed E-state index contributed by atoms with van der Waals surface area (Å²) in [6.45, 7) is 14.4. The Morgan fingerprint density at radius 2 is 0.720 bits per heavy atom. The molecule has 0 spiro atoms. The highest BCUT2D eigenvalue weighted by Gasteiger charge is 2.31. The molecular formula is C22H50OSi2. The van der Waals surface area contributed by atoms with Gasteiger partial charge in [0.2, 0.25) is 0 Å². The third-order valence-electron chi connectivity index (χ3n) is 5.32. The molecule has 0 N–H and O–H groups in total. The number of unbranched alkanes of at least 4 members (excludes halogenated alkanes) is 12. The van der Waals surface area contributed by atoms with Crippen LogP contribution < -0.4 is 0 Å². The minimum Gasteiger partial charge on any atom is -0.455 e. The van der Waals surface area contributed by atoms with Gasteiger partial charge in [0.05, 0.1) is 0 Å². The molecule has 0 atom stereocenters. The van der Waals surface area contributed by atoms with E-state index in [0.29, 0.717) is 0 Å². The first-order valence-corrected chi connectivity index (χ1v) is 17.8. The van der Waals surface area contributed by atoms with Gasteiger partial charge in [-0.25, -0.2) is 0 Å². The van der Waals surface area contributed by atoms with Crippen LogP contribution in [0.15, 0.2) is 0 Å². The summed E-state index contributed by atoms with van der Waals surface area (Å²) in [5, 5.41) is 0. The van der Waals surface area contributed by atoms with Gasteiger partial charge in [0.15, 0.2) is 16.6 Å². The average molecular weight is 387 g/mol. The van der Waals surface area contributed by atoms with Crippen molar-refractivity contribution in [2.24, 2.45) is 0 Å². The van der Waals surface area contributed by atoms with E-state index in [0.717, 1.165) is 0 Å². The zero-order valence-corrected chi connectivity index (χ0v) is 20.7. The van der Waals surface area contributed by atoms with Crippen molar-refractivity contribution in [1.29, 1.82) is 0 Å². The number of hydrogen-bond acceptors (Lipinski definition) is 1. The largest absolute Gasteiger partial charge is 0.455 e. The van der Waals surface area contributed by atoms with Crippen LogP contribution in [-0.4, -0.2) is 16.6 Å². The van der Waals surface area contributed by atoms with Crippen LogP contribution in [0.4, 0.5) is 0 Å². The average Bonchev–Trinajstić information content (AvgIpc) is 2.52. The van der Waals surface area contributed by atoms with E-state index in [2.05, 4.69) is 40.0 Å². The molecule has 0 aliphatic rings. The zero-order valence-electron chi connectivity index (χ0n) is 18.7. The predicted molar refractivity (Wildman–Crippen MR) is 122 cm³/mol. The van der Waals surface area contributed by atoms with Gasteiger partial charge in [-0.05, 0) is 38.3 Å². The van der Waals surface area contributed by atoms with Crippen molar-refractivity contribution in [2.45, 2.75) is 142 Å². The molecule has 0 radical (unpaired) electrons. The summed E-state index contributed by atoms with van der Waals surface area (Å²) in [5.74, 6) is 0. The summed E-state index contributed by atoms with van der Waals surface area (Å²) in [5.41, 5.74) is 0.